The topological polar surface area (TPSA) is 69.0 Å². The Labute approximate surface area is 146 Å². The number of halogens is 3. The van der Waals surface area contributed by atoms with Gasteiger partial charge in [-0.2, -0.15) is 0 Å². The van der Waals surface area contributed by atoms with Crippen LogP contribution in [0.1, 0.15) is 23.7 Å². The third-order valence-electron chi connectivity index (χ3n) is 3.56. The summed E-state index contributed by atoms with van der Waals surface area (Å²) in [6.45, 7) is 2.76. The maximum absolute atomic E-state index is 12.3. The summed E-state index contributed by atoms with van der Waals surface area (Å²) < 4.78 is 42.0. The molecule has 3 rings (SSSR count). The highest BCUT2D eigenvalue weighted by Gasteiger charge is 2.30. The summed E-state index contributed by atoms with van der Waals surface area (Å²) in [6, 6.07) is 9.94. The van der Waals surface area contributed by atoms with Crippen molar-refractivity contribution in [2.45, 2.75) is 26.3 Å². The first-order chi connectivity index (χ1) is 12.4. The van der Waals surface area contributed by atoms with Gasteiger partial charge >= 0.3 is 6.36 Å². The highest BCUT2D eigenvalue weighted by molar-refractivity contribution is 6.05. The van der Waals surface area contributed by atoms with Gasteiger partial charge in [0.15, 0.2) is 0 Å². The summed E-state index contributed by atoms with van der Waals surface area (Å²) in [5.41, 5.74) is 2.15. The number of aryl methyl sites for hydroxylation is 1. The van der Waals surface area contributed by atoms with E-state index < -0.39 is 12.3 Å². The van der Waals surface area contributed by atoms with Crippen LogP contribution in [-0.4, -0.2) is 27.3 Å². The van der Waals surface area contributed by atoms with Crippen molar-refractivity contribution >= 4 is 22.6 Å². The SMILES string of the molecule is CCCn1nnc2cc(C(=O)Nc3ccc(OC(F)(F)F)cc3)ccc21. The molecule has 1 heterocycles. The van der Waals surface area contributed by atoms with E-state index in [4.69, 9.17) is 0 Å². The molecule has 0 aliphatic heterocycles. The van der Waals surface area contributed by atoms with Crippen LogP contribution in [-0.2, 0) is 6.54 Å². The fourth-order valence-corrected chi connectivity index (χ4v) is 2.43. The lowest BCUT2D eigenvalue weighted by molar-refractivity contribution is -0.274. The molecule has 0 aliphatic carbocycles. The third kappa shape index (κ3) is 4.11. The highest BCUT2D eigenvalue weighted by atomic mass is 19.4. The van der Waals surface area contributed by atoms with E-state index in [0.29, 0.717) is 16.8 Å². The second-order valence-corrected chi connectivity index (χ2v) is 5.54. The van der Waals surface area contributed by atoms with E-state index in [1.807, 2.05) is 6.92 Å². The van der Waals surface area contributed by atoms with Crippen LogP contribution < -0.4 is 10.1 Å². The number of amides is 1. The number of carbonyl (C=O) groups is 1. The molecule has 1 aromatic heterocycles. The quantitative estimate of drug-likeness (QED) is 0.743. The van der Waals surface area contributed by atoms with Crippen molar-refractivity contribution in [2.75, 3.05) is 5.32 Å². The van der Waals surface area contributed by atoms with Gasteiger partial charge in [0.05, 0.1) is 5.52 Å². The standard InChI is InChI=1S/C17H15F3N4O2/c1-2-9-24-15-8-3-11(10-14(15)22-23-24)16(25)21-12-4-6-13(7-5-12)26-17(18,19)20/h3-8,10H,2,9H2,1H3,(H,21,25). The average molecular weight is 364 g/mol. The lowest BCUT2D eigenvalue weighted by atomic mass is 10.1. The Morgan fingerprint density at radius 2 is 1.92 bits per heavy atom. The number of nitrogens with one attached hydrogen (secondary N) is 1. The van der Waals surface area contributed by atoms with Crippen molar-refractivity contribution in [3.63, 3.8) is 0 Å². The van der Waals surface area contributed by atoms with E-state index in [9.17, 15) is 18.0 Å². The van der Waals surface area contributed by atoms with E-state index in [-0.39, 0.29) is 5.75 Å². The normalized spacial score (nSPS) is 11.5. The van der Waals surface area contributed by atoms with Crippen molar-refractivity contribution in [2.24, 2.45) is 0 Å². The summed E-state index contributed by atoms with van der Waals surface area (Å²) >= 11 is 0. The van der Waals surface area contributed by atoms with Crippen LogP contribution >= 0.6 is 0 Å². The van der Waals surface area contributed by atoms with Crippen molar-refractivity contribution < 1.29 is 22.7 Å². The van der Waals surface area contributed by atoms with Crippen molar-refractivity contribution in [1.29, 1.82) is 0 Å². The fourth-order valence-electron chi connectivity index (χ4n) is 2.43. The number of nitrogens with zero attached hydrogens (tertiary/aromatic N) is 3. The molecular formula is C17H15F3N4O2. The zero-order valence-electron chi connectivity index (χ0n) is 13.7. The minimum atomic E-state index is -4.75. The fraction of sp³-hybridized carbons (Fsp3) is 0.235. The Balaban J connectivity index is 1.72. The van der Waals surface area contributed by atoms with Crippen LogP contribution in [0.5, 0.6) is 5.75 Å². The minimum Gasteiger partial charge on any atom is -0.406 e. The van der Waals surface area contributed by atoms with Gasteiger partial charge < -0.3 is 10.1 Å². The number of rotatable bonds is 5. The van der Waals surface area contributed by atoms with Crippen molar-refractivity contribution in [3.8, 4) is 5.75 Å². The molecule has 0 aliphatic rings. The number of fused-ring (bicyclic) bond motifs is 1. The van der Waals surface area contributed by atoms with E-state index in [2.05, 4.69) is 20.4 Å². The predicted octanol–water partition coefficient (Wildman–Crippen LogP) is 3.99. The maximum atomic E-state index is 12.3. The smallest absolute Gasteiger partial charge is 0.406 e. The van der Waals surface area contributed by atoms with E-state index in [0.717, 1.165) is 30.6 Å². The van der Waals surface area contributed by atoms with Crippen LogP contribution in [0.4, 0.5) is 18.9 Å². The second-order valence-electron chi connectivity index (χ2n) is 5.54. The molecule has 0 unspecified atom stereocenters. The lowest BCUT2D eigenvalue weighted by Gasteiger charge is -2.10. The molecule has 1 amide bonds. The maximum Gasteiger partial charge on any atom is 0.573 e. The number of aromatic nitrogens is 3. The van der Waals surface area contributed by atoms with Gasteiger partial charge in [-0.05, 0) is 48.9 Å². The molecule has 0 spiro atoms. The molecule has 0 atom stereocenters. The molecule has 0 radical (unpaired) electrons. The van der Waals surface area contributed by atoms with E-state index >= 15 is 0 Å². The van der Waals surface area contributed by atoms with Gasteiger partial charge in [-0.15, -0.1) is 18.3 Å². The van der Waals surface area contributed by atoms with Crippen LogP contribution in [0.25, 0.3) is 11.0 Å². The average Bonchev–Trinajstić information content (AvgIpc) is 2.98. The monoisotopic (exact) mass is 364 g/mol. The Bertz CT molecular complexity index is 920. The molecular weight excluding hydrogens is 349 g/mol. The summed E-state index contributed by atoms with van der Waals surface area (Å²) in [4.78, 5) is 12.3. The van der Waals surface area contributed by atoms with Crippen LogP contribution in [0.2, 0.25) is 0 Å². The molecule has 3 aromatic rings. The van der Waals surface area contributed by atoms with Crippen molar-refractivity contribution in [1.82, 2.24) is 15.0 Å². The number of alkyl halides is 3. The van der Waals surface area contributed by atoms with Crippen LogP contribution in [0, 0.1) is 0 Å². The number of carbonyl (C=O) groups excluding carboxylic acids is 1. The largest absolute Gasteiger partial charge is 0.573 e. The number of benzene rings is 2. The lowest BCUT2D eigenvalue weighted by Crippen LogP contribution is -2.17. The molecule has 6 nitrogen and oxygen atoms in total. The van der Waals surface area contributed by atoms with Crippen LogP contribution in [0.15, 0.2) is 42.5 Å². The van der Waals surface area contributed by atoms with Gasteiger partial charge in [0.25, 0.3) is 5.91 Å². The predicted molar refractivity (Wildman–Crippen MR) is 88.9 cm³/mol. The molecule has 136 valence electrons. The first-order valence-corrected chi connectivity index (χ1v) is 7.86. The summed E-state index contributed by atoms with van der Waals surface area (Å²) in [5, 5.41) is 10.7. The van der Waals surface area contributed by atoms with E-state index in [1.165, 1.54) is 12.1 Å². The van der Waals surface area contributed by atoms with Gasteiger partial charge in [-0.1, -0.05) is 12.1 Å². The Hall–Kier alpha value is -3.10. The summed E-state index contributed by atoms with van der Waals surface area (Å²) in [5.74, 6) is -0.758. The summed E-state index contributed by atoms with van der Waals surface area (Å²) in [7, 11) is 0. The van der Waals surface area contributed by atoms with Gasteiger partial charge in [0, 0.05) is 17.8 Å². The third-order valence-corrected chi connectivity index (χ3v) is 3.56. The van der Waals surface area contributed by atoms with Crippen molar-refractivity contribution in [3.05, 3.63) is 48.0 Å². The number of hydrogen-bond donors (Lipinski definition) is 1. The molecule has 1 N–H and O–H groups in total. The van der Waals surface area contributed by atoms with Crippen LogP contribution in [0.3, 0.4) is 0 Å². The van der Waals surface area contributed by atoms with Gasteiger partial charge in [-0.25, -0.2) is 4.68 Å². The molecule has 0 saturated heterocycles. The summed E-state index contributed by atoms with van der Waals surface area (Å²) in [6.07, 6.45) is -3.84. The number of anilines is 1. The second kappa shape index (κ2) is 7.03. The molecule has 2 aromatic carbocycles. The zero-order chi connectivity index (χ0) is 18.7. The molecule has 0 fully saturated rings. The Morgan fingerprint density at radius 1 is 1.19 bits per heavy atom. The number of hydrogen-bond acceptors (Lipinski definition) is 4. The zero-order valence-corrected chi connectivity index (χ0v) is 13.7. The van der Waals surface area contributed by atoms with Gasteiger partial charge in [0.1, 0.15) is 11.3 Å². The number of ether oxygens (including phenoxy) is 1. The highest BCUT2D eigenvalue weighted by Crippen LogP contribution is 2.24. The first kappa shape index (κ1) is 17.7. The first-order valence-electron chi connectivity index (χ1n) is 7.86. The Morgan fingerprint density at radius 3 is 2.58 bits per heavy atom. The minimum absolute atomic E-state index is 0.347. The van der Waals surface area contributed by atoms with Gasteiger partial charge in [0.2, 0.25) is 0 Å². The molecule has 0 saturated carbocycles. The molecule has 26 heavy (non-hydrogen) atoms. The van der Waals surface area contributed by atoms with E-state index in [1.54, 1.807) is 22.9 Å². The Kier molecular flexibility index (Phi) is 4.79. The molecule has 0 bridgehead atoms. The van der Waals surface area contributed by atoms with Gasteiger partial charge in [-0.3, -0.25) is 4.79 Å². The molecule has 9 heteroatoms.